The maximum Gasteiger partial charge on any atom is 0.573 e. The second-order valence-corrected chi connectivity index (χ2v) is 4.64. The standard InChI is InChI=1S/C11H10F3NO2S/c12-11(13,14)17-8-3-1-2-7(4-8)15-6-9(18)5-10(15)16/h1-4,9,18H,5-6H2. The first-order valence-corrected chi connectivity index (χ1v) is 5.71. The van der Waals surface area contributed by atoms with Crippen molar-refractivity contribution in [3.8, 4) is 5.75 Å². The molecule has 0 aliphatic carbocycles. The van der Waals surface area contributed by atoms with E-state index in [1.165, 1.54) is 23.1 Å². The summed E-state index contributed by atoms with van der Waals surface area (Å²) in [6.07, 6.45) is -4.45. The molecule has 0 spiro atoms. The SMILES string of the molecule is O=C1CC(S)CN1c1cccc(OC(F)(F)F)c1. The summed E-state index contributed by atoms with van der Waals surface area (Å²) >= 11 is 4.18. The number of ether oxygens (including phenoxy) is 1. The van der Waals surface area contributed by atoms with Gasteiger partial charge in [-0.05, 0) is 12.1 Å². The van der Waals surface area contributed by atoms with Crippen molar-refractivity contribution in [1.82, 2.24) is 0 Å². The van der Waals surface area contributed by atoms with Crippen LogP contribution >= 0.6 is 12.6 Å². The molecule has 1 saturated heterocycles. The molecule has 1 fully saturated rings. The molecule has 1 atom stereocenters. The van der Waals surface area contributed by atoms with Gasteiger partial charge in [0.25, 0.3) is 0 Å². The van der Waals surface area contributed by atoms with Gasteiger partial charge in [-0.2, -0.15) is 12.6 Å². The average Bonchev–Trinajstić information content (AvgIpc) is 2.55. The van der Waals surface area contributed by atoms with E-state index in [0.29, 0.717) is 12.2 Å². The molecule has 1 aromatic rings. The van der Waals surface area contributed by atoms with Crippen molar-refractivity contribution in [2.45, 2.75) is 18.0 Å². The molecule has 1 heterocycles. The van der Waals surface area contributed by atoms with Crippen molar-refractivity contribution in [2.75, 3.05) is 11.4 Å². The Morgan fingerprint density at radius 1 is 1.39 bits per heavy atom. The fourth-order valence-corrected chi connectivity index (χ4v) is 2.11. The number of rotatable bonds is 2. The van der Waals surface area contributed by atoms with Crippen LogP contribution in [0.3, 0.4) is 0 Å². The van der Waals surface area contributed by atoms with E-state index in [-0.39, 0.29) is 23.3 Å². The summed E-state index contributed by atoms with van der Waals surface area (Å²) in [4.78, 5) is 13.0. The second kappa shape index (κ2) is 4.72. The summed E-state index contributed by atoms with van der Waals surface area (Å²) in [7, 11) is 0. The van der Waals surface area contributed by atoms with Gasteiger partial charge in [0, 0.05) is 30.0 Å². The number of hydrogen-bond acceptors (Lipinski definition) is 3. The second-order valence-electron chi connectivity index (χ2n) is 3.91. The third kappa shape index (κ3) is 3.10. The van der Waals surface area contributed by atoms with Gasteiger partial charge in [0.2, 0.25) is 5.91 Å². The van der Waals surface area contributed by atoms with E-state index < -0.39 is 6.36 Å². The van der Waals surface area contributed by atoms with Gasteiger partial charge < -0.3 is 9.64 Å². The number of carbonyl (C=O) groups is 1. The highest BCUT2D eigenvalue weighted by Gasteiger charge is 2.32. The summed E-state index contributed by atoms with van der Waals surface area (Å²) in [5.74, 6) is -0.491. The molecule has 7 heteroatoms. The van der Waals surface area contributed by atoms with Crippen LogP contribution in [0.25, 0.3) is 0 Å². The number of nitrogens with zero attached hydrogens (tertiary/aromatic N) is 1. The third-order valence-corrected chi connectivity index (χ3v) is 2.81. The molecule has 1 aromatic carbocycles. The molecule has 18 heavy (non-hydrogen) atoms. The lowest BCUT2D eigenvalue weighted by molar-refractivity contribution is -0.274. The van der Waals surface area contributed by atoms with Crippen molar-refractivity contribution in [1.29, 1.82) is 0 Å². The zero-order valence-electron chi connectivity index (χ0n) is 9.15. The van der Waals surface area contributed by atoms with E-state index in [2.05, 4.69) is 17.4 Å². The molecular formula is C11H10F3NO2S. The lowest BCUT2D eigenvalue weighted by Gasteiger charge is -2.17. The van der Waals surface area contributed by atoms with Crippen LogP contribution in [0.4, 0.5) is 18.9 Å². The number of alkyl halides is 3. The summed E-state index contributed by atoms with van der Waals surface area (Å²) in [6.45, 7) is 0.386. The first-order valence-electron chi connectivity index (χ1n) is 5.19. The van der Waals surface area contributed by atoms with Crippen LogP contribution in [0, 0.1) is 0 Å². The third-order valence-electron chi connectivity index (χ3n) is 2.47. The van der Waals surface area contributed by atoms with Crippen molar-refractivity contribution in [2.24, 2.45) is 0 Å². The fourth-order valence-electron chi connectivity index (χ4n) is 1.79. The summed E-state index contributed by atoms with van der Waals surface area (Å²) < 4.78 is 40.0. The first kappa shape index (κ1) is 13.1. The van der Waals surface area contributed by atoms with Crippen LogP contribution in [-0.4, -0.2) is 24.1 Å². The van der Waals surface area contributed by atoms with Crippen LogP contribution in [0.5, 0.6) is 5.75 Å². The van der Waals surface area contributed by atoms with Crippen molar-refractivity contribution in [3.05, 3.63) is 24.3 Å². The maximum absolute atomic E-state index is 12.1. The highest BCUT2D eigenvalue weighted by Crippen LogP contribution is 2.29. The lowest BCUT2D eigenvalue weighted by atomic mass is 10.3. The monoisotopic (exact) mass is 277 g/mol. The molecule has 1 unspecified atom stereocenters. The minimum Gasteiger partial charge on any atom is -0.406 e. The van der Waals surface area contributed by atoms with Gasteiger partial charge in [0.15, 0.2) is 0 Å². The molecule has 1 aliphatic rings. The van der Waals surface area contributed by atoms with Gasteiger partial charge in [0.1, 0.15) is 5.75 Å². The zero-order chi connectivity index (χ0) is 13.3. The van der Waals surface area contributed by atoms with Gasteiger partial charge in [-0.1, -0.05) is 6.07 Å². The Morgan fingerprint density at radius 3 is 2.67 bits per heavy atom. The maximum atomic E-state index is 12.1. The molecule has 0 saturated carbocycles. The average molecular weight is 277 g/mol. The number of hydrogen-bond donors (Lipinski definition) is 1. The zero-order valence-corrected chi connectivity index (χ0v) is 10.0. The normalized spacial score (nSPS) is 20.3. The van der Waals surface area contributed by atoms with Crippen LogP contribution in [0.2, 0.25) is 0 Å². The fraction of sp³-hybridized carbons (Fsp3) is 0.364. The minimum absolute atomic E-state index is 0.0929. The van der Waals surface area contributed by atoms with E-state index >= 15 is 0 Å². The summed E-state index contributed by atoms with van der Waals surface area (Å²) in [5.41, 5.74) is 0.387. The van der Waals surface area contributed by atoms with Crippen molar-refractivity contribution >= 4 is 24.2 Å². The van der Waals surface area contributed by atoms with Gasteiger partial charge in [-0.25, -0.2) is 0 Å². The van der Waals surface area contributed by atoms with Crippen LogP contribution in [0.1, 0.15) is 6.42 Å². The topological polar surface area (TPSA) is 29.5 Å². The van der Waals surface area contributed by atoms with Crippen LogP contribution in [-0.2, 0) is 4.79 Å². The van der Waals surface area contributed by atoms with E-state index in [4.69, 9.17) is 0 Å². The highest BCUT2D eigenvalue weighted by molar-refractivity contribution is 7.81. The Kier molecular flexibility index (Phi) is 3.43. The quantitative estimate of drug-likeness (QED) is 0.842. The van der Waals surface area contributed by atoms with Crippen molar-refractivity contribution in [3.63, 3.8) is 0 Å². The number of amides is 1. The number of carbonyl (C=O) groups excluding carboxylic acids is 1. The van der Waals surface area contributed by atoms with Crippen LogP contribution in [0.15, 0.2) is 24.3 Å². The molecule has 1 amide bonds. The number of anilines is 1. The minimum atomic E-state index is -4.74. The summed E-state index contributed by atoms with van der Waals surface area (Å²) in [5, 5.41) is -0.0929. The van der Waals surface area contributed by atoms with E-state index in [9.17, 15) is 18.0 Å². The smallest absolute Gasteiger partial charge is 0.406 e. The Bertz CT molecular complexity index is 464. The Morgan fingerprint density at radius 2 is 2.11 bits per heavy atom. The molecule has 0 aromatic heterocycles. The molecule has 2 rings (SSSR count). The highest BCUT2D eigenvalue weighted by atomic mass is 32.1. The number of thiol groups is 1. The Labute approximate surface area is 107 Å². The predicted octanol–water partition coefficient (Wildman–Crippen LogP) is 2.62. The van der Waals surface area contributed by atoms with E-state index in [1.807, 2.05) is 0 Å². The Balaban J connectivity index is 2.20. The molecule has 1 aliphatic heterocycles. The van der Waals surface area contributed by atoms with E-state index in [1.54, 1.807) is 6.07 Å². The molecule has 3 nitrogen and oxygen atoms in total. The van der Waals surface area contributed by atoms with Gasteiger partial charge in [0.05, 0.1) is 0 Å². The van der Waals surface area contributed by atoms with Crippen molar-refractivity contribution < 1.29 is 22.7 Å². The number of benzene rings is 1. The Hall–Kier alpha value is -1.37. The molecule has 0 N–H and O–H groups in total. The lowest BCUT2D eigenvalue weighted by Crippen LogP contribution is -2.24. The van der Waals surface area contributed by atoms with E-state index in [0.717, 1.165) is 0 Å². The molecule has 0 bridgehead atoms. The number of halogens is 3. The molecule has 98 valence electrons. The first-order chi connectivity index (χ1) is 8.35. The largest absolute Gasteiger partial charge is 0.573 e. The molecule has 0 radical (unpaired) electrons. The van der Waals surface area contributed by atoms with Gasteiger partial charge in [-0.15, -0.1) is 13.2 Å². The molecular weight excluding hydrogens is 267 g/mol. The summed E-state index contributed by atoms with van der Waals surface area (Å²) in [6, 6.07) is 5.36. The van der Waals surface area contributed by atoms with Gasteiger partial charge in [-0.3, -0.25) is 4.79 Å². The predicted molar refractivity (Wildman–Crippen MR) is 62.9 cm³/mol. The van der Waals surface area contributed by atoms with Gasteiger partial charge >= 0.3 is 6.36 Å². The van der Waals surface area contributed by atoms with Crippen LogP contribution < -0.4 is 9.64 Å².